The first kappa shape index (κ1) is 15.2. The van der Waals surface area contributed by atoms with E-state index in [1.807, 2.05) is 0 Å². The van der Waals surface area contributed by atoms with Crippen molar-refractivity contribution < 1.29 is 12.8 Å². The number of benzene rings is 1. The molecule has 21 heavy (non-hydrogen) atoms. The molecule has 0 amide bonds. The van der Waals surface area contributed by atoms with Crippen molar-refractivity contribution in [3.8, 4) is 11.8 Å². The van der Waals surface area contributed by atoms with Gasteiger partial charge in [0.25, 0.3) is 0 Å². The van der Waals surface area contributed by atoms with Crippen molar-refractivity contribution in [1.29, 1.82) is 0 Å². The summed E-state index contributed by atoms with van der Waals surface area (Å²) in [6, 6.07) is 3.51. The average Bonchev–Trinajstić information content (AvgIpc) is 2.97. The number of halogens is 1. The van der Waals surface area contributed by atoms with Crippen LogP contribution in [0.25, 0.3) is 0 Å². The van der Waals surface area contributed by atoms with E-state index in [2.05, 4.69) is 26.5 Å². The molecule has 2 rings (SSSR count). The average molecular weight is 308 g/mol. The van der Waals surface area contributed by atoms with Crippen LogP contribution in [0.2, 0.25) is 0 Å². The highest BCUT2D eigenvalue weighted by atomic mass is 32.2. The molecule has 1 aromatic carbocycles. The second-order valence-corrected chi connectivity index (χ2v) is 5.77. The molecule has 0 spiro atoms. The Hall–Kier alpha value is -2.21. The predicted octanol–water partition coefficient (Wildman–Crippen LogP) is 0.338. The lowest BCUT2D eigenvalue weighted by atomic mass is 10.2. The van der Waals surface area contributed by atoms with Crippen LogP contribution in [0, 0.1) is 17.7 Å². The summed E-state index contributed by atoms with van der Waals surface area (Å²) in [4.78, 5) is 6.48. The highest BCUT2D eigenvalue weighted by Crippen LogP contribution is 2.14. The van der Waals surface area contributed by atoms with Gasteiger partial charge in [-0.1, -0.05) is 11.8 Å². The van der Waals surface area contributed by atoms with Gasteiger partial charge in [-0.3, -0.25) is 0 Å². The number of nitrogens with two attached hydrogens (primary N) is 1. The van der Waals surface area contributed by atoms with Gasteiger partial charge in [0.1, 0.15) is 11.6 Å². The smallest absolute Gasteiger partial charge is 0.241 e. The van der Waals surface area contributed by atoms with Gasteiger partial charge in [-0.15, -0.1) is 0 Å². The fourth-order valence-electron chi connectivity index (χ4n) is 1.55. The van der Waals surface area contributed by atoms with Gasteiger partial charge in [0, 0.05) is 12.4 Å². The Bertz CT molecular complexity index is 776. The van der Waals surface area contributed by atoms with E-state index in [0.29, 0.717) is 5.82 Å². The molecular weight excluding hydrogens is 295 g/mol. The number of nitrogens with zero attached hydrogens (tertiary/aromatic N) is 1. The van der Waals surface area contributed by atoms with Crippen LogP contribution in [-0.4, -0.2) is 24.9 Å². The largest absolute Gasteiger partial charge is 0.347 e. The number of H-pyrrole nitrogens is 1. The summed E-state index contributed by atoms with van der Waals surface area (Å²) in [6.07, 6.45) is 3.09. The first-order valence-corrected chi connectivity index (χ1v) is 7.47. The molecule has 0 bridgehead atoms. The first-order chi connectivity index (χ1) is 10.0. The van der Waals surface area contributed by atoms with Gasteiger partial charge in [0.15, 0.2) is 0 Å². The Balaban J connectivity index is 2.18. The van der Waals surface area contributed by atoms with Crippen molar-refractivity contribution in [3.05, 3.63) is 47.8 Å². The number of hydrogen-bond donors (Lipinski definition) is 3. The summed E-state index contributed by atoms with van der Waals surface area (Å²) in [5.74, 6) is 4.78. The van der Waals surface area contributed by atoms with Gasteiger partial charge in [-0.25, -0.2) is 22.5 Å². The maximum absolute atomic E-state index is 13.8. The van der Waals surface area contributed by atoms with Crippen molar-refractivity contribution in [2.24, 2.45) is 5.73 Å². The van der Waals surface area contributed by atoms with Crippen molar-refractivity contribution >= 4 is 10.0 Å². The maximum Gasteiger partial charge on any atom is 0.241 e. The molecule has 0 aliphatic rings. The van der Waals surface area contributed by atoms with E-state index in [1.165, 1.54) is 18.3 Å². The number of aromatic nitrogens is 2. The molecule has 0 atom stereocenters. The molecule has 0 unspecified atom stereocenters. The molecule has 110 valence electrons. The number of nitrogens with one attached hydrogen (secondary N) is 2. The summed E-state index contributed by atoms with van der Waals surface area (Å²) in [7, 11) is -3.82. The first-order valence-electron chi connectivity index (χ1n) is 5.99. The molecule has 1 heterocycles. The molecule has 2 aromatic rings. The third kappa shape index (κ3) is 3.88. The summed E-state index contributed by atoms with van der Waals surface area (Å²) in [5, 5.41) is 0. The van der Waals surface area contributed by atoms with Gasteiger partial charge in [0.2, 0.25) is 10.0 Å². The Labute approximate surface area is 121 Å². The second-order valence-electron chi connectivity index (χ2n) is 4.01. The normalized spacial score (nSPS) is 11.0. The third-order valence-electron chi connectivity index (χ3n) is 2.56. The van der Waals surface area contributed by atoms with E-state index in [0.717, 1.165) is 6.07 Å². The monoisotopic (exact) mass is 308 g/mol. The van der Waals surface area contributed by atoms with E-state index in [1.54, 1.807) is 6.20 Å². The summed E-state index contributed by atoms with van der Waals surface area (Å²) in [5.41, 5.74) is 5.30. The zero-order chi connectivity index (χ0) is 15.3. The Morgan fingerprint density at radius 1 is 1.43 bits per heavy atom. The van der Waals surface area contributed by atoms with E-state index < -0.39 is 15.8 Å². The molecule has 0 fully saturated rings. The minimum absolute atomic E-state index is 0.00825. The fourth-order valence-corrected chi connectivity index (χ4v) is 2.55. The van der Waals surface area contributed by atoms with E-state index in [-0.39, 0.29) is 23.5 Å². The SMILES string of the molecule is NCC#Cc1ccc(S(=O)(=O)NCc2ncc[nH]2)cc1F. The van der Waals surface area contributed by atoms with Gasteiger partial charge in [0.05, 0.1) is 23.5 Å². The Kier molecular flexibility index (Phi) is 4.70. The molecule has 6 nitrogen and oxygen atoms in total. The minimum Gasteiger partial charge on any atom is -0.347 e. The van der Waals surface area contributed by atoms with Crippen molar-refractivity contribution in [1.82, 2.24) is 14.7 Å². The molecular formula is C13H13FN4O2S. The summed E-state index contributed by atoms with van der Waals surface area (Å²) < 4.78 is 40.1. The number of sulfonamides is 1. The van der Waals surface area contributed by atoms with Crippen molar-refractivity contribution in [2.75, 3.05) is 6.54 Å². The lowest BCUT2D eigenvalue weighted by molar-refractivity contribution is 0.575. The Morgan fingerprint density at radius 2 is 2.24 bits per heavy atom. The van der Waals surface area contributed by atoms with E-state index in [9.17, 15) is 12.8 Å². The molecule has 1 aromatic heterocycles. The fraction of sp³-hybridized carbons (Fsp3) is 0.154. The van der Waals surface area contributed by atoms with Crippen LogP contribution in [0.3, 0.4) is 0 Å². The van der Waals surface area contributed by atoms with E-state index in [4.69, 9.17) is 5.73 Å². The zero-order valence-corrected chi connectivity index (χ0v) is 11.7. The van der Waals surface area contributed by atoms with E-state index >= 15 is 0 Å². The number of hydrogen-bond acceptors (Lipinski definition) is 4. The van der Waals surface area contributed by atoms with Crippen molar-refractivity contribution in [2.45, 2.75) is 11.4 Å². The topological polar surface area (TPSA) is 101 Å². The molecule has 0 radical (unpaired) electrons. The van der Waals surface area contributed by atoms with Crippen LogP contribution in [0.15, 0.2) is 35.5 Å². The molecule has 0 aliphatic carbocycles. The highest BCUT2D eigenvalue weighted by molar-refractivity contribution is 7.89. The second kappa shape index (κ2) is 6.49. The minimum atomic E-state index is -3.82. The van der Waals surface area contributed by atoms with Crippen LogP contribution in [0.1, 0.15) is 11.4 Å². The molecule has 0 saturated carbocycles. The number of aromatic amines is 1. The molecule has 8 heteroatoms. The predicted molar refractivity (Wildman–Crippen MR) is 74.9 cm³/mol. The van der Waals surface area contributed by atoms with Crippen LogP contribution in [-0.2, 0) is 16.6 Å². The van der Waals surface area contributed by atoms with Crippen LogP contribution >= 0.6 is 0 Å². The van der Waals surface area contributed by atoms with Gasteiger partial charge < -0.3 is 10.7 Å². The van der Waals surface area contributed by atoms with Gasteiger partial charge in [-0.05, 0) is 18.2 Å². The third-order valence-corrected chi connectivity index (χ3v) is 3.96. The Morgan fingerprint density at radius 3 is 2.86 bits per heavy atom. The standard InChI is InChI=1S/C13H13FN4O2S/c14-12-8-11(4-3-10(12)2-1-5-15)21(19,20)18-9-13-16-6-7-17-13/h3-4,6-8,18H,5,9,15H2,(H,16,17). The molecule has 0 saturated heterocycles. The van der Waals surface area contributed by atoms with Gasteiger partial charge >= 0.3 is 0 Å². The van der Waals surface area contributed by atoms with Crippen LogP contribution in [0.4, 0.5) is 4.39 Å². The quantitative estimate of drug-likeness (QED) is 0.709. The summed E-state index contributed by atoms with van der Waals surface area (Å²) >= 11 is 0. The highest BCUT2D eigenvalue weighted by Gasteiger charge is 2.16. The zero-order valence-electron chi connectivity index (χ0n) is 10.9. The number of imidazole rings is 1. The number of rotatable bonds is 4. The lowest BCUT2D eigenvalue weighted by Gasteiger charge is -2.06. The lowest BCUT2D eigenvalue weighted by Crippen LogP contribution is -2.24. The summed E-state index contributed by atoms with van der Waals surface area (Å²) in [6.45, 7) is 0.0931. The van der Waals surface area contributed by atoms with Gasteiger partial charge in [-0.2, -0.15) is 0 Å². The molecule has 4 N–H and O–H groups in total. The van der Waals surface area contributed by atoms with Crippen LogP contribution < -0.4 is 10.5 Å². The maximum atomic E-state index is 13.8. The van der Waals surface area contributed by atoms with Crippen molar-refractivity contribution in [3.63, 3.8) is 0 Å². The molecule has 0 aliphatic heterocycles. The van der Waals surface area contributed by atoms with Crippen LogP contribution in [0.5, 0.6) is 0 Å².